The summed E-state index contributed by atoms with van der Waals surface area (Å²) in [5.41, 5.74) is -0.858. The van der Waals surface area contributed by atoms with Gasteiger partial charge in [-0.15, -0.1) is 0 Å². The Morgan fingerprint density at radius 1 is 0.882 bits per heavy atom. The summed E-state index contributed by atoms with van der Waals surface area (Å²) < 4.78 is 39.0. The molecule has 2 aliphatic rings. The molecule has 0 saturated heterocycles. The SMILES string of the molecule is O=P(O)(C1CCCC(F)C1)C1CCCC(F)C1. The Kier molecular flexibility index (Phi) is 4.25. The Morgan fingerprint density at radius 3 is 1.65 bits per heavy atom. The summed E-state index contributed by atoms with van der Waals surface area (Å²) in [5, 5.41) is 0. The highest BCUT2D eigenvalue weighted by Gasteiger charge is 2.43. The van der Waals surface area contributed by atoms with Crippen LogP contribution in [0.15, 0.2) is 0 Å². The van der Waals surface area contributed by atoms with Crippen LogP contribution in [0.1, 0.15) is 51.4 Å². The number of rotatable bonds is 2. The number of halogens is 2. The highest BCUT2D eigenvalue weighted by Crippen LogP contribution is 2.59. The Bertz CT molecular complexity index is 285. The molecular formula is C12H21F2O2P. The second-order valence-corrected chi connectivity index (χ2v) is 8.31. The second-order valence-electron chi connectivity index (χ2n) is 5.51. The van der Waals surface area contributed by atoms with Gasteiger partial charge in [-0.3, -0.25) is 4.57 Å². The van der Waals surface area contributed by atoms with Crippen molar-refractivity contribution < 1.29 is 18.2 Å². The van der Waals surface area contributed by atoms with Crippen LogP contribution in [0.4, 0.5) is 8.78 Å². The van der Waals surface area contributed by atoms with Crippen molar-refractivity contribution in [2.45, 2.75) is 75.0 Å². The molecule has 2 fully saturated rings. The van der Waals surface area contributed by atoms with Gasteiger partial charge in [-0.2, -0.15) is 0 Å². The first-order valence-electron chi connectivity index (χ1n) is 6.60. The molecule has 100 valence electrons. The van der Waals surface area contributed by atoms with Crippen LogP contribution in [0.3, 0.4) is 0 Å². The monoisotopic (exact) mass is 266 g/mol. The van der Waals surface area contributed by atoms with Gasteiger partial charge in [0.25, 0.3) is 0 Å². The lowest BCUT2D eigenvalue weighted by atomic mass is 9.98. The minimum Gasteiger partial charge on any atom is -0.344 e. The Labute approximate surface area is 101 Å². The molecule has 0 spiro atoms. The van der Waals surface area contributed by atoms with Gasteiger partial charge in [0.05, 0.1) is 0 Å². The Balaban J connectivity index is 2.03. The Morgan fingerprint density at radius 2 is 1.29 bits per heavy atom. The third-order valence-electron chi connectivity index (χ3n) is 4.21. The maximum Gasteiger partial charge on any atom is 0.206 e. The van der Waals surface area contributed by atoms with E-state index in [1.165, 1.54) is 0 Å². The van der Waals surface area contributed by atoms with Crippen LogP contribution in [-0.4, -0.2) is 28.6 Å². The standard InChI is InChI=1S/C12H21F2O2P/c13-9-3-1-5-11(7-9)17(15,16)12-6-2-4-10(14)8-12/h9-12H,1-8H2,(H,15,16). The first-order valence-corrected chi connectivity index (χ1v) is 8.40. The van der Waals surface area contributed by atoms with Gasteiger partial charge in [-0.1, -0.05) is 0 Å². The summed E-state index contributed by atoms with van der Waals surface area (Å²) >= 11 is 0. The zero-order valence-electron chi connectivity index (χ0n) is 10.0. The maximum atomic E-state index is 13.3. The molecule has 0 aromatic heterocycles. The van der Waals surface area contributed by atoms with Gasteiger partial charge in [-0.05, 0) is 51.4 Å². The lowest BCUT2D eigenvalue weighted by Gasteiger charge is -2.35. The van der Waals surface area contributed by atoms with E-state index >= 15 is 0 Å². The van der Waals surface area contributed by atoms with E-state index in [1.807, 2.05) is 0 Å². The van der Waals surface area contributed by atoms with Crippen molar-refractivity contribution >= 4 is 7.37 Å². The third kappa shape index (κ3) is 3.08. The molecule has 1 N–H and O–H groups in total. The van der Waals surface area contributed by atoms with E-state index in [2.05, 4.69) is 0 Å². The molecular weight excluding hydrogens is 245 g/mol. The molecule has 0 amide bonds. The van der Waals surface area contributed by atoms with Crippen LogP contribution in [-0.2, 0) is 4.57 Å². The fourth-order valence-electron chi connectivity index (χ4n) is 3.18. The predicted octanol–water partition coefficient (Wildman–Crippen LogP) is 3.82. The highest BCUT2D eigenvalue weighted by atomic mass is 31.2. The van der Waals surface area contributed by atoms with E-state index in [1.54, 1.807) is 0 Å². The van der Waals surface area contributed by atoms with Crippen LogP contribution in [0.25, 0.3) is 0 Å². The molecule has 2 aliphatic carbocycles. The van der Waals surface area contributed by atoms with Crippen molar-refractivity contribution in [1.82, 2.24) is 0 Å². The molecule has 17 heavy (non-hydrogen) atoms. The number of hydrogen-bond donors (Lipinski definition) is 1. The van der Waals surface area contributed by atoms with Gasteiger partial charge < -0.3 is 4.89 Å². The zero-order valence-corrected chi connectivity index (χ0v) is 10.9. The van der Waals surface area contributed by atoms with E-state index < -0.39 is 31.0 Å². The largest absolute Gasteiger partial charge is 0.344 e. The normalized spacial score (nSPS) is 43.0. The molecule has 4 unspecified atom stereocenters. The first-order chi connectivity index (χ1) is 8.00. The van der Waals surface area contributed by atoms with E-state index in [0.717, 1.165) is 0 Å². The van der Waals surface area contributed by atoms with Gasteiger partial charge in [0, 0.05) is 11.3 Å². The molecule has 2 rings (SSSR count). The fraction of sp³-hybridized carbons (Fsp3) is 1.00. The van der Waals surface area contributed by atoms with Gasteiger partial charge in [0.1, 0.15) is 12.3 Å². The lowest BCUT2D eigenvalue weighted by Crippen LogP contribution is -2.29. The van der Waals surface area contributed by atoms with Crippen LogP contribution >= 0.6 is 7.37 Å². The Hall–Kier alpha value is 0.0500. The molecule has 2 nitrogen and oxygen atoms in total. The van der Waals surface area contributed by atoms with Crippen molar-refractivity contribution in [2.24, 2.45) is 0 Å². The zero-order chi connectivity index (χ0) is 12.5. The smallest absolute Gasteiger partial charge is 0.206 e. The summed E-state index contributed by atoms with van der Waals surface area (Å²) in [4.78, 5) is 10.2. The minimum atomic E-state index is -3.40. The number of alkyl halides is 2. The molecule has 5 heteroatoms. The maximum absolute atomic E-state index is 13.3. The third-order valence-corrected chi connectivity index (χ3v) is 7.24. The molecule has 4 atom stereocenters. The fourth-order valence-corrected chi connectivity index (χ4v) is 5.94. The summed E-state index contributed by atoms with van der Waals surface area (Å²) in [6.45, 7) is 0. The van der Waals surface area contributed by atoms with Gasteiger partial charge in [-0.25, -0.2) is 8.78 Å². The minimum absolute atomic E-state index is 0.196. The first kappa shape index (κ1) is 13.5. The average Bonchev–Trinajstić information content (AvgIpc) is 2.29. The van der Waals surface area contributed by atoms with Crippen LogP contribution in [0.5, 0.6) is 0 Å². The van der Waals surface area contributed by atoms with Gasteiger partial charge in [0.2, 0.25) is 7.37 Å². The van der Waals surface area contributed by atoms with Crippen molar-refractivity contribution in [2.75, 3.05) is 0 Å². The molecule has 0 aromatic carbocycles. The van der Waals surface area contributed by atoms with E-state index in [9.17, 15) is 18.2 Å². The number of hydrogen-bond acceptors (Lipinski definition) is 1. The topological polar surface area (TPSA) is 37.3 Å². The molecule has 0 bridgehead atoms. The summed E-state index contributed by atoms with van der Waals surface area (Å²) in [6.07, 6.45) is 2.13. The van der Waals surface area contributed by atoms with E-state index in [4.69, 9.17) is 0 Å². The molecule has 0 heterocycles. The van der Waals surface area contributed by atoms with Crippen LogP contribution in [0, 0.1) is 0 Å². The predicted molar refractivity (Wildman–Crippen MR) is 64.1 cm³/mol. The highest BCUT2D eigenvalue weighted by molar-refractivity contribution is 7.59. The van der Waals surface area contributed by atoms with Gasteiger partial charge >= 0.3 is 0 Å². The average molecular weight is 266 g/mol. The van der Waals surface area contributed by atoms with Crippen LogP contribution < -0.4 is 0 Å². The molecule has 0 aliphatic heterocycles. The van der Waals surface area contributed by atoms with Crippen LogP contribution in [0.2, 0.25) is 0 Å². The summed E-state index contributed by atoms with van der Waals surface area (Å²) in [5.74, 6) is 0. The van der Waals surface area contributed by atoms with Crippen molar-refractivity contribution in [3.63, 3.8) is 0 Å². The lowest BCUT2D eigenvalue weighted by molar-refractivity contribution is 0.231. The van der Waals surface area contributed by atoms with E-state index in [0.29, 0.717) is 38.5 Å². The summed E-state index contributed by atoms with van der Waals surface area (Å²) in [7, 11) is -3.40. The quantitative estimate of drug-likeness (QED) is 0.771. The van der Waals surface area contributed by atoms with Crippen molar-refractivity contribution in [3.8, 4) is 0 Å². The van der Waals surface area contributed by atoms with Gasteiger partial charge in [0.15, 0.2) is 0 Å². The molecule has 2 saturated carbocycles. The molecule has 0 radical (unpaired) electrons. The second kappa shape index (κ2) is 5.36. The van der Waals surface area contributed by atoms with Crippen molar-refractivity contribution in [1.29, 1.82) is 0 Å². The van der Waals surface area contributed by atoms with Crippen molar-refractivity contribution in [3.05, 3.63) is 0 Å². The molecule has 0 aromatic rings. The summed E-state index contributed by atoms with van der Waals surface area (Å²) in [6, 6.07) is 0. The van der Waals surface area contributed by atoms with E-state index in [-0.39, 0.29) is 12.8 Å².